The van der Waals surface area contributed by atoms with Crippen LogP contribution in [0.5, 0.6) is 0 Å². The standard InChI is InChI=1S/C15H24N2S2/c1-7-9-18-10-8-16-11(2)13-12(3)17-14(19-13)15(4,5)6/h1,11,16H,8-10H2,2-6H3. The van der Waals surface area contributed by atoms with Gasteiger partial charge in [-0.2, -0.15) is 0 Å². The van der Waals surface area contributed by atoms with Crippen LogP contribution in [0.2, 0.25) is 0 Å². The van der Waals surface area contributed by atoms with Crippen LogP contribution in [-0.2, 0) is 5.41 Å². The van der Waals surface area contributed by atoms with Crippen molar-refractivity contribution in [3.63, 3.8) is 0 Å². The Morgan fingerprint density at radius 2 is 2.16 bits per heavy atom. The van der Waals surface area contributed by atoms with E-state index in [9.17, 15) is 0 Å². The summed E-state index contributed by atoms with van der Waals surface area (Å²) in [4.78, 5) is 6.06. The van der Waals surface area contributed by atoms with E-state index in [1.165, 1.54) is 9.88 Å². The van der Waals surface area contributed by atoms with Gasteiger partial charge in [-0.05, 0) is 13.8 Å². The largest absolute Gasteiger partial charge is 0.309 e. The number of hydrogen-bond donors (Lipinski definition) is 1. The number of rotatable bonds is 6. The summed E-state index contributed by atoms with van der Waals surface area (Å²) >= 11 is 3.62. The molecule has 0 aliphatic heterocycles. The van der Waals surface area contributed by atoms with Crippen LogP contribution < -0.4 is 5.32 Å². The molecule has 1 rings (SSSR count). The van der Waals surface area contributed by atoms with Crippen LogP contribution in [0.3, 0.4) is 0 Å². The first-order valence-corrected chi connectivity index (χ1v) is 8.55. The van der Waals surface area contributed by atoms with Crippen molar-refractivity contribution in [1.29, 1.82) is 0 Å². The quantitative estimate of drug-likeness (QED) is 0.639. The minimum Gasteiger partial charge on any atom is -0.309 e. The normalized spacial score (nSPS) is 13.3. The molecule has 1 heterocycles. The van der Waals surface area contributed by atoms with Crippen LogP contribution in [-0.4, -0.2) is 23.0 Å². The summed E-state index contributed by atoms with van der Waals surface area (Å²) < 4.78 is 0. The second kappa shape index (κ2) is 7.33. The topological polar surface area (TPSA) is 24.9 Å². The molecule has 0 bridgehead atoms. The van der Waals surface area contributed by atoms with E-state index in [0.29, 0.717) is 6.04 Å². The van der Waals surface area contributed by atoms with E-state index in [1.807, 2.05) is 11.3 Å². The number of aryl methyl sites for hydroxylation is 1. The molecule has 1 atom stereocenters. The molecule has 0 spiro atoms. The number of thioether (sulfide) groups is 1. The van der Waals surface area contributed by atoms with Gasteiger partial charge in [0.15, 0.2) is 0 Å². The number of terminal acetylenes is 1. The van der Waals surface area contributed by atoms with Gasteiger partial charge in [-0.3, -0.25) is 0 Å². The SMILES string of the molecule is C#CCSCCNC(C)c1sc(C(C)(C)C)nc1C. The lowest BCUT2D eigenvalue weighted by atomic mass is 9.98. The zero-order valence-electron chi connectivity index (χ0n) is 12.5. The van der Waals surface area contributed by atoms with Crippen molar-refractivity contribution in [1.82, 2.24) is 10.3 Å². The smallest absolute Gasteiger partial charge is 0.0985 e. The molecule has 2 nitrogen and oxygen atoms in total. The first-order valence-electron chi connectivity index (χ1n) is 6.58. The Morgan fingerprint density at radius 1 is 1.47 bits per heavy atom. The zero-order valence-corrected chi connectivity index (χ0v) is 14.2. The molecule has 1 aromatic rings. The minimum absolute atomic E-state index is 0.135. The zero-order chi connectivity index (χ0) is 14.5. The molecule has 0 fully saturated rings. The molecule has 0 aliphatic carbocycles. The van der Waals surface area contributed by atoms with Gasteiger partial charge in [0.25, 0.3) is 0 Å². The van der Waals surface area contributed by atoms with Gasteiger partial charge in [0.1, 0.15) is 0 Å². The fraction of sp³-hybridized carbons (Fsp3) is 0.667. The average Bonchev–Trinajstić information content (AvgIpc) is 2.70. The van der Waals surface area contributed by atoms with Crippen LogP contribution in [0.15, 0.2) is 0 Å². The highest BCUT2D eigenvalue weighted by Crippen LogP contribution is 2.32. The Labute approximate surface area is 125 Å². The summed E-state index contributed by atoms with van der Waals surface area (Å²) in [6, 6.07) is 0.361. The second-order valence-corrected chi connectivity index (χ2v) is 7.79. The third kappa shape index (κ3) is 5.18. The molecule has 1 aromatic heterocycles. The van der Waals surface area contributed by atoms with Crippen molar-refractivity contribution in [2.45, 2.75) is 46.1 Å². The van der Waals surface area contributed by atoms with Crippen LogP contribution >= 0.6 is 23.1 Å². The van der Waals surface area contributed by atoms with Gasteiger partial charge in [-0.1, -0.05) is 26.7 Å². The molecular weight excluding hydrogens is 272 g/mol. The third-order valence-electron chi connectivity index (χ3n) is 2.75. The highest BCUT2D eigenvalue weighted by Gasteiger charge is 2.22. The summed E-state index contributed by atoms with van der Waals surface area (Å²) in [6.07, 6.45) is 5.23. The van der Waals surface area contributed by atoms with Crippen molar-refractivity contribution in [2.24, 2.45) is 0 Å². The van der Waals surface area contributed by atoms with Gasteiger partial charge < -0.3 is 5.32 Å². The number of nitrogens with zero attached hydrogens (tertiary/aromatic N) is 1. The number of hydrogen-bond acceptors (Lipinski definition) is 4. The van der Waals surface area contributed by atoms with E-state index in [2.05, 4.69) is 45.9 Å². The Kier molecular flexibility index (Phi) is 6.38. The summed E-state index contributed by atoms with van der Waals surface area (Å²) in [6.45, 7) is 11.9. The maximum atomic E-state index is 5.23. The number of aromatic nitrogens is 1. The van der Waals surface area contributed by atoms with Crippen molar-refractivity contribution < 1.29 is 0 Å². The van der Waals surface area contributed by atoms with E-state index in [0.717, 1.165) is 23.7 Å². The van der Waals surface area contributed by atoms with Gasteiger partial charge in [0.2, 0.25) is 0 Å². The maximum Gasteiger partial charge on any atom is 0.0985 e. The molecule has 0 aromatic carbocycles. The lowest BCUT2D eigenvalue weighted by molar-refractivity contribution is 0.583. The first kappa shape index (κ1) is 16.6. The van der Waals surface area contributed by atoms with E-state index in [-0.39, 0.29) is 5.41 Å². The highest BCUT2D eigenvalue weighted by atomic mass is 32.2. The fourth-order valence-electron chi connectivity index (χ4n) is 1.70. The van der Waals surface area contributed by atoms with Crippen molar-refractivity contribution in [3.8, 4) is 12.3 Å². The van der Waals surface area contributed by atoms with Gasteiger partial charge in [0, 0.05) is 28.6 Å². The molecule has 19 heavy (non-hydrogen) atoms. The van der Waals surface area contributed by atoms with Gasteiger partial charge >= 0.3 is 0 Å². The van der Waals surface area contributed by atoms with Gasteiger partial charge in [-0.15, -0.1) is 29.5 Å². The van der Waals surface area contributed by atoms with Crippen LogP contribution in [0.4, 0.5) is 0 Å². The highest BCUT2D eigenvalue weighted by molar-refractivity contribution is 7.99. The molecule has 1 unspecified atom stereocenters. The molecule has 1 N–H and O–H groups in total. The third-order valence-corrected chi connectivity index (χ3v) is 5.38. The molecule has 106 valence electrons. The molecule has 0 radical (unpaired) electrons. The minimum atomic E-state index is 0.135. The molecule has 0 saturated carbocycles. The summed E-state index contributed by atoms with van der Waals surface area (Å²) in [7, 11) is 0. The van der Waals surface area contributed by atoms with Crippen molar-refractivity contribution in [3.05, 3.63) is 15.6 Å². The van der Waals surface area contributed by atoms with Crippen LogP contribution in [0.1, 0.15) is 49.3 Å². The molecule has 0 amide bonds. The lowest BCUT2D eigenvalue weighted by Gasteiger charge is -2.14. The van der Waals surface area contributed by atoms with E-state index in [4.69, 9.17) is 11.4 Å². The van der Waals surface area contributed by atoms with Gasteiger partial charge in [-0.25, -0.2) is 4.98 Å². The van der Waals surface area contributed by atoms with E-state index < -0.39 is 0 Å². The second-order valence-electron chi connectivity index (χ2n) is 5.65. The van der Waals surface area contributed by atoms with Crippen molar-refractivity contribution in [2.75, 3.05) is 18.1 Å². The molecular formula is C15H24N2S2. The summed E-state index contributed by atoms with van der Waals surface area (Å²) in [5, 5.41) is 4.76. The predicted molar refractivity (Wildman–Crippen MR) is 88.1 cm³/mol. The monoisotopic (exact) mass is 296 g/mol. The first-order chi connectivity index (χ1) is 8.86. The fourth-order valence-corrected chi connectivity index (χ4v) is 3.38. The molecule has 4 heteroatoms. The summed E-state index contributed by atoms with van der Waals surface area (Å²) in [5.41, 5.74) is 1.29. The van der Waals surface area contributed by atoms with Crippen molar-refractivity contribution >= 4 is 23.1 Å². The summed E-state index contributed by atoms with van der Waals surface area (Å²) in [5.74, 6) is 4.49. The Bertz CT molecular complexity index is 438. The van der Waals surface area contributed by atoms with Crippen LogP contribution in [0.25, 0.3) is 0 Å². The molecule has 0 saturated heterocycles. The molecule has 0 aliphatic rings. The van der Waals surface area contributed by atoms with Crippen LogP contribution in [0, 0.1) is 19.3 Å². The van der Waals surface area contributed by atoms with Gasteiger partial charge in [0.05, 0.1) is 16.5 Å². The van der Waals surface area contributed by atoms with E-state index in [1.54, 1.807) is 11.8 Å². The number of nitrogens with one attached hydrogen (secondary N) is 1. The Balaban J connectivity index is 2.55. The lowest BCUT2D eigenvalue weighted by Crippen LogP contribution is -2.21. The maximum absolute atomic E-state index is 5.23. The Hall–Kier alpha value is -0.500. The number of thiazole rings is 1. The average molecular weight is 297 g/mol. The Morgan fingerprint density at radius 3 is 2.68 bits per heavy atom. The predicted octanol–water partition coefficient (Wildman–Crippen LogP) is 3.77. The van der Waals surface area contributed by atoms with E-state index >= 15 is 0 Å².